The molecule has 0 saturated carbocycles. The van der Waals surface area contributed by atoms with Gasteiger partial charge in [0.2, 0.25) is 0 Å². The summed E-state index contributed by atoms with van der Waals surface area (Å²) in [6.07, 6.45) is 4.46. The molecule has 5 aromatic rings. The molecule has 0 saturated heterocycles. The fourth-order valence-electron chi connectivity index (χ4n) is 6.99. The third-order valence-corrected chi connectivity index (χ3v) is 8.51. The zero-order valence-corrected chi connectivity index (χ0v) is 21.8. The molecule has 4 heteroatoms. The van der Waals surface area contributed by atoms with Crippen LogP contribution in [0.3, 0.4) is 0 Å². The van der Waals surface area contributed by atoms with E-state index < -0.39 is 5.60 Å². The second kappa shape index (κ2) is 8.11. The fraction of sp³-hybridized carbons (Fsp3) is 0.303. The summed E-state index contributed by atoms with van der Waals surface area (Å²) in [6.45, 7) is 8.57. The van der Waals surface area contributed by atoms with Gasteiger partial charge in [0.25, 0.3) is 0 Å². The smallest absolute Gasteiger partial charge is 0.340 e. The summed E-state index contributed by atoms with van der Waals surface area (Å²) in [5, 5.41) is 2.35. The van der Waals surface area contributed by atoms with E-state index in [1.165, 1.54) is 33.2 Å². The topological polar surface area (TPSA) is 36.2 Å². The summed E-state index contributed by atoms with van der Waals surface area (Å²) in [4.78, 5) is 13.6. The van der Waals surface area contributed by atoms with Crippen molar-refractivity contribution in [3.05, 3.63) is 94.7 Å². The first-order chi connectivity index (χ1) is 18.1. The van der Waals surface area contributed by atoms with Gasteiger partial charge in [-0.05, 0) is 38.0 Å². The van der Waals surface area contributed by atoms with Crippen molar-refractivity contribution < 1.29 is 9.53 Å². The molecule has 0 radical (unpaired) electrons. The molecular weight excluding hydrogens is 456 g/mol. The Labute approximate surface area is 217 Å². The molecule has 2 aliphatic rings. The van der Waals surface area contributed by atoms with E-state index in [1.807, 2.05) is 12.1 Å². The molecule has 7 rings (SSSR count). The van der Waals surface area contributed by atoms with E-state index in [4.69, 9.17) is 4.74 Å². The van der Waals surface area contributed by atoms with E-state index in [0.29, 0.717) is 5.56 Å². The van der Waals surface area contributed by atoms with Crippen LogP contribution in [0.15, 0.2) is 66.7 Å². The molecule has 1 unspecified atom stereocenters. The van der Waals surface area contributed by atoms with Gasteiger partial charge in [0.1, 0.15) is 0 Å². The van der Waals surface area contributed by atoms with Crippen molar-refractivity contribution in [2.24, 2.45) is 0 Å². The third-order valence-electron chi connectivity index (χ3n) is 8.51. The zero-order valence-electron chi connectivity index (χ0n) is 21.8. The number of para-hydroxylation sites is 2. The standard InChI is InChI=1S/C33H32N2O2/c1-4-6-19-34-21(3)28(22-13-8-10-17-26(22)34)33-29-24(15-12-16-25(29)32(36)37-33)31-30(33)23-14-9-11-18-27(23)35(31)20-7-5-2/h8-18H,4-7,19-20H2,1-3H3. The van der Waals surface area contributed by atoms with Crippen LogP contribution in [0, 0.1) is 6.92 Å². The lowest BCUT2D eigenvalue weighted by Crippen LogP contribution is -2.28. The van der Waals surface area contributed by atoms with Gasteiger partial charge >= 0.3 is 5.97 Å². The highest BCUT2D eigenvalue weighted by atomic mass is 16.6. The van der Waals surface area contributed by atoms with Crippen LogP contribution in [0.25, 0.3) is 33.1 Å². The maximum atomic E-state index is 13.6. The van der Waals surface area contributed by atoms with E-state index in [2.05, 4.69) is 84.5 Å². The molecule has 3 aromatic carbocycles. The normalized spacial score (nSPS) is 17.5. The SMILES string of the molecule is CCCCn1c(C)c(C23OC(=O)c4cccc(c42)-c2c3c3ccccc3n2CCCC)c2ccccc21. The number of nitrogens with zero attached hydrogens (tertiary/aromatic N) is 2. The number of carbonyl (C=O) groups excluding carboxylic acids is 1. The highest BCUT2D eigenvalue weighted by Crippen LogP contribution is 2.62. The number of aryl methyl sites for hydroxylation is 2. The lowest BCUT2D eigenvalue weighted by atomic mass is 9.81. The molecule has 2 aromatic heterocycles. The number of carbonyl (C=O) groups is 1. The number of aromatic nitrogens is 2. The predicted octanol–water partition coefficient (Wildman–Crippen LogP) is 7.95. The van der Waals surface area contributed by atoms with Gasteiger partial charge in [0.15, 0.2) is 5.60 Å². The largest absolute Gasteiger partial charge is 0.440 e. The highest BCUT2D eigenvalue weighted by Gasteiger charge is 2.59. The first-order valence-corrected chi connectivity index (χ1v) is 13.7. The fourth-order valence-corrected chi connectivity index (χ4v) is 6.99. The van der Waals surface area contributed by atoms with Crippen LogP contribution >= 0.6 is 0 Å². The Morgan fingerprint density at radius 3 is 2.00 bits per heavy atom. The van der Waals surface area contributed by atoms with Gasteiger partial charge in [-0.15, -0.1) is 0 Å². The number of unbranched alkanes of at least 4 members (excludes halogenated alkanes) is 2. The van der Waals surface area contributed by atoms with Crippen LogP contribution in [0.2, 0.25) is 0 Å². The summed E-state index contributed by atoms with van der Waals surface area (Å²) in [7, 11) is 0. The minimum Gasteiger partial charge on any atom is -0.440 e. The van der Waals surface area contributed by atoms with Crippen molar-refractivity contribution >= 4 is 27.8 Å². The number of hydrogen-bond donors (Lipinski definition) is 0. The first kappa shape index (κ1) is 22.4. The third kappa shape index (κ3) is 2.76. The number of benzene rings is 3. The van der Waals surface area contributed by atoms with Gasteiger partial charge in [0.05, 0.1) is 11.3 Å². The van der Waals surface area contributed by atoms with Crippen LogP contribution in [-0.4, -0.2) is 15.1 Å². The number of esters is 1. The first-order valence-electron chi connectivity index (χ1n) is 13.7. The Morgan fingerprint density at radius 2 is 1.30 bits per heavy atom. The van der Waals surface area contributed by atoms with E-state index in [-0.39, 0.29) is 5.97 Å². The molecule has 1 aliphatic heterocycles. The summed E-state index contributed by atoms with van der Waals surface area (Å²) >= 11 is 0. The van der Waals surface area contributed by atoms with Crippen LogP contribution in [-0.2, 0) is 23.4 Å². The maximum Gasteiger partial charge on any atom is 0.340 e. The maximum absolute atomic E-state index is 13.6. The van der Waals surface area contributed by atoms with Crippen molar-refractivity contribution in [2.75, 3.05) is 0 Å². The van der Waals surface area contributed by atoms with Gasteiger partial charge in [0, 0.05) is 62.8 Å². The van der Waals surface area contributed by atoms with Crippen LogP contribution in [0.4, 0.5) is 0 Å². The second-order valence-electron chi connectivity index (χ2n) is 10.5. The minimum absolute atomic E-state index is 0.224. The molecule has 4 nitrogen and oxygen atoms in total. The van der Waals surface area contributed by atoms with E-state index in [0.717, 1.165) is 61.0 Å². The highest BCUT2D eigenvalue weighted by molar-refractivity contribution is 6.08. The Morgan fingerprint density at radius 1 is 0.703 bits per heavy atom. The van der Waals surface area contributed by atoms with Crippen molar-refractivity contribution in [3.8, 4) is 11.3 Å². The molecule has 0 fully saturated rings. The summed E-state index contributed by atoms with van der Waals surface area (Å²) in [5.41, 5.74) is 8.99. The number of hydrogen-bond acceptors (Lipinski definition) is 2. The molecule has 186 valence electrons. The molecule has 1 atom stereocenters. The molecule has 0 N–H and O–H groups in total. The monoisotopic (exact) mass is 488 g/mol. The van der Waals surface area contributed by atoms with Gasteiger partial charge in [-0.1, -0.05) is 75.2 Å². The Balaban J connectivity index is 1.65. The van der Waals surface area contributed by atoms with Gasteiger partial charge in [-0.2, -0.15) is 0 Å². The Bertz CT molecular complexity index is 1720. The molecular formula is C33H32N2O2. The van der Waals surface area contributed by atoms with Crippen molar-refractivity contribution in [3.63, 3.8) is 0 Å². The van der Waals surface area contributed by atoms with Crippen molar-refractivity contribution in [2.45, 2.75) is 65.1 Å². The van der Waals surface area contributed by atoms with Gasteiger partial charge < -0.3 is 13.9 Å². The van der Waals surface area contributed by atoms with E-state index in [9.17, 15) is 4.79 Å². The second-order valence-corrected chi connectivity index (χ2v) is 10.5. The lowest BCUT2D eigenvalue weighted by molar-refractivity contribution is 0.0268. The Hall–Kier alpha value is -3.79. The number of ether oxygens (including phenoxy) is 1. The summed E-state index contributed by atoms with van der Waals surface area (Å²) in [5.74, 6) is -0.224. The minimum atomic E-state index is -0.948. The zero-order chi connectivity index (χ0) is 25.3. The van der Waals surface area contributed by atoms with Gasteiger partial charge in [-0.25, -0.2) is 4.79 Å². The van der Waals surface area contributed by atoms with Crippen molar-refractivity contribution in [1.82, 2.24) is 9.13 Å². The summed E-state index contributed by atoms with van der Waals surface area (Å²) < 4.78 is 11.6. The van der Waals surface area contributed by atoms with E-state index in [1.54, 1.807) is 0 Å². The quantitative estimate of drug-likeness (QED) is 0.218. The Kier molecular flexibility index (Phi) is 4.91. The average molecular weight is 489 g/mol. The van der Waals surface area contributed by atoms with Crippen LogP contribution in [0.5, 0.6) is 0 Å². The van der Waals surface area contributed by atoms with Crippen LogP contribution < -0.4 is 0 Å². The molecule has 37 heavy (non-hydrogen) atoms. The number of rotatable bonds is 7. The lowest BCUT2D eigenvalue weighted by Gasteiger charge is -2.27. The van der Waals surface area contributed by atoms with Crippen LogP contribution in [0.1, 0.15) is 72.3 Å². The van der Waals surface area contributed by atoms with E-state index >= 15 is 0 Å². The van der Waals surface area contributed by atoms with Gasteiger partial charge in [-0.3, -0.25) is 0 Å². The molecule has 3 heterocycles. The van der Waals surface area contributed by atoms with Crippen molar-refractivity contribution in [1.29, 1.82) is 0 Å². The molecule has 0 amide bonds. The molecule has 1 aliphatic carbocycles. The average Bonchev–Trinajstić information content (AvgIpc) is 3.59. The molecule has 0 bridgehead atoms. The predicted molar refractivity (Wildman–Crippen MR) is 149 cm³/mol. The molecule has 0 spiro atoms. The summed E-state index contributed by atoms with van der Waals surface area (Å²) in [6, 6.07) is 23.4. The number of fused-ring (bicyclic) bond motifs is 6.